The molecule has 74 valence electrons. The number of carbonyl (C=O) groups excluding carboxylic acids is 1. The van der Waals surface area contributed by atoms with Crippen LogP contribution in [0, 0.1) is 11.7 Å². The monoisotopic (exact) mass is 256 g/mol. The molecule has 0 radical (unpaired) electrons. The summed E-state index contributed by atoms with van der Waals surface area (Å²) < 4.78 is 12.9. The molecule has 1 atom stereocenters. The number of alkyl halides is 1. The third-order valence-electron chi connectivity index (χ3n) is 2.57. The molecule has 0 spiro atoms. The average Bonchev–Trinajstić information content (AvgIpc) is 2.16. The highest BCUT2D eigenvalue weighted by Gasteiger charge is 2.24. The van der Waals surface area contributed by atoms with Gasteiger partial charge in [-0.25, -0.2) is 4.39 Å². The molecule has 1 aliphatic rings. The summed E-state index contributed by atoms with van der Waals surface area (Å²) in [5.74, 6) is 0.194. The lowest BCUT2D eigenvalue weighted by Gasteiger charge is -2.21. The Labute approximate surface area is 90.4 Å². The highest BCUT2D eigenvalue weighted by Crippen LogP contribution is 2.27. The molecule has 1 unspecified atom stereocenters. The number of hydrogen-bond acceptors (Lipinski definition) is 1. The van der Waals surface area contributed by atoms with E-state index in [4.69, 9.17) is 0 Å². The van der Waals surface area contributed by atoms with Crippen LogP contribution in [-0.2, 0) is 6.42 Å². The maximum absolute atomic E-state index is 12.9. The van der Waals surface area contributed by atoms with E-state index < -0.39 is 0 Å². The maximum Gasteiger partial charge on any atom is 0.163 e. The van der Waals surface area contributed by atoms with Crippen molar-refractivity contribution in [2.75, 3.05) is 5.33 Å². The number of fused-ring (bicyclic) bond motifs is 1. The molecule has 0 heterocycles. The van der Waals surface area contributed by atoms with Crippen molar-refractivity contribution < 1.29 is 9.18 Å². The molecule has 2 rings (SSSR count). The Hall–Kier alpha value is -0.700. The lowest BCUT2D eigenvalue weighted by Crippen LogP contribution is -2.21. The van der Waals surface area contributed by atoms with Gasteiger partial charge in [0, 0.05) is 17.3 Å². The minimum atomic E-state index is -0.258. The molecule has 0 N–H and O–H groups in total. The maximum atomic E-state index is 12.9. The first-order valence-corrected chi connectivity index (χ1v) is 5.70. The van der Waals surface area contributed by atoms with Crippen LogP contribution < -0.4 is 0 Å². The summed E-state index contributed by atoms with van der Waals surface area (Å²) in [6.07, 6.45) is 1.37. The van der Waals surface area contributed by atoms with Crippen molar-refractivity contribution in [1.29, 1.82) is 0 Å². The third kappa shape index (κ3) is 1.73. The van der Waals surface area contributed by atoms with Crippen LogP contribution in [-0.4, -0.2) is 11.1 Å². The van der Waals surface area contributed by atoms with Crippen molar-refractivity contribution in [2.24, 2.45) is 5.92 Å². The van der Waals surface area contributed by atoms with Crippen LogP contribution in [0.4, 0.5) is 4.39 Å². The average molecular weight is 257 g/mol. The summed E-state index contributed by atoms with van der Waals surface area (Å²) in [5, 5.41) is 0.800. The summed E-state index contributed by atoms with van der Waals surface area (Å²) in [6.45, 7) is 0. The van der Waals surface area contributed by atoms with Gasteiger partial charge in [-0.15, -0.1) is 0 Å². The minimum Gasteiger partial charge on any atom is -0.294 e. The zero-order chi connectivity index (χ0) is 10.1. The van der Waals surface area contributed by atoms with Gasteiger partial charge in [0.25, 0.3) is 0 Å². The number of Topliss-reactive ketones (excluding diaryl/α,β-unsaturated/α-hetero) is 1. The van der Waals surface area contributed by atoms with Gasteiger partial charge in [0.2, 0.25) is 0 Å². The molecule has 1 aromatic carbocycles. The van der Waals surface area contributed by atoms with Crippen LogP contribution in [0.15, 0.2) is 18.2 Å². The number of rotatable bonds is 1. The Kier molecular flexibility index (Phi) is 2.68. The number of benzene rings is 1. The van der Waals surface area contributed by atoms with E-state index in [0.29, 0.717) is 17.9 Å². The Morgan fingerprint density at radius 1 is 1.43 bits per heavy atom. The standard InChI is InChI=1S/C11H10BrFO/c12-6-7-3-8-5-9(13)1-2-10(8)11(14)4-7/h1-2,5,7H,3-4,6H2. The zero-order valence-electron chi connectivity index (χ0n) is 7.59. The van der Waals surface area contributed by atoms with Gasteiger partial charge in [0.1, 0.15) is 5.82 Å². The largest absolute Gasteiger partial charge is 0.294 e. The molecule has 0 fully saturated rings. The molecule has 0 bridgehead atoms. The Morgan fingerprint density at radius 2 is 2.21 bits per heavy atom. The number of halogens is 2. The van der Waals surface area contributed by atoms with Crippen molar-refractivity contribution in [3.8, 4) is 0 Å². The topological polar surface area (TPSA) is 17.1 Å². The molecule has 0 saturated heterocycles. The smallest absolute Gasteiger partial charge is 0.163 e. The Morgan fingerprint density at radius 3 is 2.93 bits per heavy atom. The highest BCUT2D eigenvalue weighted by molar-refractivity contribution is 9.09. The molecule has 3 heteroatoms. The Bertz CT molecular complexity index is 376. The molecule has 1 aromatic rings. The summed E-state index contributed by atoms with van der Waals surface area (Å²) in [4.78, 5) is 11.6. The minimum absolute atomic E-state index is 0.135. The number of carbonyl (C=O) groups is 1. The molecular formula is C11H10BrFO. The van der Waals surface area contributed by atoms with Gasteiger partial charge in [-0.05, 0) is 36.1 Å². The van der Waals surface area contributed by atoms with Crippen molar-refractivity contribution in [2.45, 2.75) is 12.8 Å². The van der Waals surface area contributed by atoms with E-state index in [1.165, 1.54) is 12.1 Å². The van der Waals surface area contributed by atoms with Gasteiger partial charge in [-0.3, -0.25) is 4.79 Å². The van der Waals surface area contributed by atoms with E-state index in [0.717, 1.165) is 17.3 Å². The lowest BCUT2D eigenvalue weighted by molar-refractivity contribution is 0.0954. The molecular weight excluding hydrogens is 247 g/mol. The van der Waals surface area contributed by atoms with E-state index in [2.05, 4.69) is 15.9 Å². The molecule has 0 saturated carbocycles. The first-order chi connectivity index (χ1) is 6.70. The lowest BCUT2D eigenvalue weighted by atomic mass is 9.84. The van der Waals surface area contributed by atoms with Gasteiger partial charge < -0.3 is 0 Å². The quantitative estimate of drug-likeness (QED) is 0.707. The molecule has 1 aliphatic carbocycles. The molecule has 0 aromatic heterocycles. The molecule has 0 amide bonds. The predicted octanol–water partition coefficient (Wildman–Crippen LogP) is 2.97. The van der Waals surface area contributed by atoms with Crippen molar-refractivity contribution in [3.63, 3.8) is 0 Å². The fraction of sp³-hybridized carbons (Fsp3) is 0.364. The fourth-order valence-corrected chi connectivity index (χ4v) is 2.33. The van der Waals surface area contributed by atoms with E-state index in [1.54, 1.807) is 6.07 Å². The van der Waals surface area contributed by atoms with E-state index in [9.17, 15) is 9.18 Å². The summed E-state index contributed by atoms with van der Waals surface area (Å²) >= 11 is 3.36. The highest BCUT2D eigenvalue weighted by atomic mass is 79.9. The fourth-order valence-electron chi connectivity index (χ4n) is 1.87. The van der Waals surface area contributed by atoms with Crippen LogP contribution in [0.5, 0.6) is 0 Å². The van der Waals surface area contributed by atoms with E-state index in [1.807, 2.05) is 0 Å². The van der Waals surface area contributed by atoms with Crippen LogP contribution in [0.25, 0.3) is 0 Å². The van der Waals surface area contributed by atoms with Crippen molar-refractivity contribution >= 4 is 21.7 Å². The molecule has 14 heavy (non-hydrogen) atoms. The van der Waals surface area contributed by atoms with Crippen LogP contribution >= 0.6 is 15.9 Å². The van der Waals surface area contributed by atoms with Crippen LogP contribution in [0.2, 0.25) is 0 Å². The SMILES string of the molecule is O=C1CC(CBr)Cc2cc(F)ccc21. The van der Waals surface area contributed by atoms with Gasteiger partial charge in [-0.2, -0.15) is 0 Å². The first kappa shape index (κ1) is 9.84. The van der Waals surface area contributed by atoms with E-state index in [-0.39, 0.29) is 11.6 Å². The second-order valence-electron chi connectivity index (χ2n) is 3.65. The number of hydrogen-bond donors (Lipinski definition) is 0. The van der Waals surface area contributed by atoms with E-state index >= 15 is 0 Å². The summed E-state index contributed by atoms with van der Waals surface area (Å²) in [5.41, 5.74) is 1.55. The van der Waals surface area contributed by atoms with Crippen LogP contribution in [0.3, 0.4) is 0 Å². The summed E-state index contributed by atoms with van der Waals surface area (Å²) in [6, 6.07) is 4.42. The van der Waals surface area contributed by atoms with Crippen molar-refractivity contribution in [1.82, 2.24) is 0 Å². The van der Waals surface area contributed by atoms with Gasteiger partial charge in [0.05, 0.1) is 0 Å². The normalized spacial score (nSPS) is 20.7. The van der Waals surface area contributed by atoms with Gasteiger partial charge in [-0.1, -0.05) is 15.9 Å². The second kappa shape index (κ2) is 3.81. The third-order valence-corrected chi connectivity index (χ3v) is 3.48. The van der Waals surface area contributed by atoms with Crippen LogP contribution in [0.1, 0.15) is 22.3 Å². The molecule has 1 nitrogen and oxygen atoms in total. The predicted molar refractivity (Wildman–Crippen MR) is 56.3 cm³/mol. The number of ketones is 1. The second-order valence-corrected chi connectivity index (χ2v) is 4.30. The van der Waals surface area contributed by atoms with Gasteiger partial charge in [0.15, 0.2) is 5.78 Å². The summed E-state index contributed by atoms with van der Waals surface area (Å²) in [7, 11) is 0. The van der Waals surface area contributed by atoms with Crippen molar-refractivity contribution in [3.05, 3.63) is 35.1 Å². The zero-order valence-corrected chi connectivity index (χ0v) is 9.18. The molecule has 0 aliphatic heterocycles. The first-order valence-electron chi connectivity index (χ1n) is 4.58. The Balaban J connectivity index is 2.40. The van der Waals surface area contributed by atoms with Gasteiger partial charge >= 0.3 is 0 Å².